The summed E-state index contributed by atoms with van der Waals surface area (Å²) in [5, 5.41) is 14.6. The molecule has 0 radical (unpaired) electrons. The molecule has 0 unspecified atom stereocenters. The highest BCUT2D eigenvalue weighted by atomic mass is 79.9. The molecule has 32 heavy (non-hydrogen) atoms. The Morgan fingerprint density at radius 1 is 1.09 bits per heavy atom. The molecule has 1 heterocycles. The van der Waals surface area contributed by atoms with Gasteiger partial charge >= 0.3 is 0 Å². The van der Waals surface area contributed by atoms with Gasteiger partial charge in [-0.25, -0.2) is 4.98 Å². The van der Waals surface area contributed by atoms with Crippen LogP contribution >= 0.6 is 39.0 Å². The number of benzene rings is 3. The van der Waals surface area contributed by atoms with Gasteiger partial charge in [-0.1, -0.05) is 69.7 Å². The summed E-state index contributed by atoms with van der Waals surface area (Å²) in [5.41, 5.74) is 3.91. The number of nitrogens with one attached hydrogen (secondary N) is 1. The Morgan fingerprint density at radius 3 is 2.50 bits per heavy atom. The molecule has 0 atom stereocenters. The van der Waals surface area contributed by atoms with E-state index in [0.29, 0.717) is 21.2 Å². The van der Waals surface area contributed by atoms with Gasteiger partial charge in [0, 0.05) is 15.7 Å². The third kappa shape index (κ3) is 5.28. The van der Waals surface area contributed by atoms with Crippen molar-refractivity contribution in [1.29, 1.82) is 5.26 Å². The van der Waals surface area contributed by atoms with E-state index < -0.39 is 0 Å². The molecule has 0 aliphatic carbocycles. The number of carbonyl (C=O) groups excluding carboxylic acids is 1. The molecule has 0 saturated heterocycles. The topological polar surface area (TPSA) is 65.8 Å². The van der Waals surface area contributed by atoms with Crippen LogP contribution in [0.2, 0.25) is 0 Å². The van der Waals surface area contributed by atoms with Gasteiger partial charge in [-0.2, -0.15) is 5.26 Å². The number of thioether (sulfide) groups is 1. The van der Waals surface area contributed by atoms with E-state index >= 15 is 0 Å². The van der Waals surface area contributed by atoms with E-state index in [1.807, 2.05) is 67.6 Å². The monoisotopic (exact) mass is 519 g/mol. The standard InChI is InChI=1S/C25H18BrN3OS2/c1-16-6-12-19(13-7-16)28-24(31-15-22(30)17-8-10-18(26)11-9-17)20(14-27)25-29-21-4-2-3-5-23(21)32-25/h2-13,28H,15H2,1H3. The molecule has 0 saturated carbocycles. The minimum atomic E-state index is -0.00713. The number of nitrogens with zero attached hydrogens (tertiary/aromatic N) is 2. The fourth-order valence-electron chi connectivity index (χ4n) is 2.97. The predicted octanol–water partition coefficient (Wildman–Crippen LogP) is 7.29. The highest BCUT2D eigenvalue weighted by Crippen LogP contribution is 2.33. The molecule has 4 nitrogen and oxygen atoms in total. The van der Waals surface area contributed by atoms with Crippen LogP contribution in [0.25, 0.3) is 15.8 Å². The molecule has 0 aliphatic heterocycles. The van der Waals surface area contributed by atoms with Gasteiger partial charge in [0.2, 0.25) is 0 Å². The van der Waals surface area contributed by atoms with Crippen LogP contribution in [0.1, 0.15) is 20.9 Å². The van der Waals surface area contributed by atoms with Crippen LogP contribution in [0.4, 0.5) is 5.69 Å². The molecule has 1 aromatic heterocycles. The lowest BCUT2D eigenvalue weighted by Gasteiger charge is -2.12. The number of hydrogen-bond donors (Lipinski definition) is 1. The number of ketones is 1. The number of thiazole rings is 1. The molecule has 0 bridgehead atoms. The van der Waals surface area contributed by atoms with Crippen LogP contribution in [-0.2, 0) is 0 Å². The van der Waals surface area contributed by atoms with Crippen molar-refractivity contribution in [3.63, 3.8) is 0 Å². The zero-order valence-corrected chi connectivity index (χ0v) is 20.4. The van der Waals surface area contributed by atoms with Crippen molar-refractivity contribution in [2.75, 3.05) is 11.1 Å². The highest BCUT2D eigenvalue weighted by molar-refractivity contribution is 9.10. The van der Waals surface area contributed by atoms with Crippen LogP contribution in [-0.4, -0.2) is 16.5 Å². The Bertz CT molecular complexity index is 1300. The van der Waals surface area contributed by atoms with Gasteiger partial charge in [-0.3, -0.25) is 4.79 Å². The summed E-state index contributed by atoms with van der Waals surface area (Å²) in [4.78, 5) is 17.4. The van der Waals surface area contributed by atoms with E-state index in [9.17, 15) is 10.1 Å². The summed E-state index contributed by atoms with van der Waals surface area (Å²) < 4.78 is 1.94. The lowest BCUT2D eigenvalue weighted by Crippen LogP contribution is -2.06. The second-order valence-electron chi connectivity index (χ2n) is 7.01. The van der Waals surface area contributed by atoms with Gasteiger partial charge in [0.15, 0.2) is 5.78 Å². The number of hydrogen-bond acceptors (Lipinski definition) is 6. The van der Waals surface area contributed by atoms with E-state index in [0.717, 1.165) is 25.9 Å². The maximum absolute atomic E-state index is 12.8. The first-order valence-corrected chi connectivity index (χ1v) is 12.4. The predicted molar refractivity (Wildman–Crippen MR) is 138 cm³/mol. The Balaban J connectivity index is 1.68. The lowest BCUT2D eigenvalue weighted by atomic mass is 10.2. The summed E-state index contributed by atoms with van der Waals surface area (Å²) >= 11 is 6.18. The third-order valence-corrected chi connectivity index (χ3v) is 7.25. The molecular weight excluding hydrogens is 502 g/mol. The number of rotatable bonds is 7. The zero-order chi connectivity index (χ0) is 22.5. The summed E-state index contributed by atoms with van der Waals surface area (Å²) in [6, 6.07) is 25.3. The van der Waals surface area contributed by atoms with Crippen LogP contribution in [0, 0.1) is 18.3 Å². The molecule has 1 N–H and O–H groups in total. The summed E-state index contributed by atoms with van der Waals surface area (Å²) in [6.07, 6.45) is 0. The number of Topliss-reactive ketones (excluding diaryl/α,β-unsaturated/α-hetero) is 1. The Hall–Kier alpha value is -2.92. The smallest absolute Gasteiger partial charge is 0.173 e. The van der Waals surface area contributed by atoms with Gasteiger partial charge in [0.25, 0.3) is 0 Å². The minimum Gasteiger partial charge on any atom is -0.349 e. The van der Waals surface area contributed by atoms with Crippen molar-refractivity contribution in [3.8, 4) is 6.07 Å². The number of carbonyl (C=O) groups is 1. The van der Waals surface area contributed by atoms with Gasteiger partial charge in [-0.15, -0.1) is 11.3 Å². The molecule has 158 valence electrons. The molecule has 0 amide bonds. The van der Waals surface area contributed by atoms with Crippen molar-refractivity contribution in [2.45, 2.75) is 6.92 Å². The van der Waals surface area contributed by atoms with Crippen LogP contribution in [0.15, 0.2) is 82.3 Å². The van der Waals surface area contributed by atoms with Gasteiger partial charge < -0.3 is 5.32 Å². The summed E-state index contributed by atoms with van der Waals surface area (Å²) in [6.45, 7) is 2.02. The molecule has 0 aliphatic rings. The van der Waals surface area contributed by atoms with Crippen LogP contribution in [0.3, 0.4) is 0 Å². The zero-order valence-electron chi connectivity index (χ0n) is 17.1. The van der Waals surface area contributed by atoms with Crippen molar-refractivity contribution in [3.05, 3.63) is 98.4 Å². The largest absolute Gasteiger partial charge is 0.349 e. The van der Waals surface area contributed by atoms with Crippen molar-refractivity contribution < 1.29 is 4.79 Å². The molecule has 3 aromatic carbocycles. The fraction of sp³-hybridized carbons (Fsp3) is 0.0800. The molecule has 7 heteroatoms. The Kier molecular flexibility index (Phi) is 7.05. The number of fused-ring (bicyclic) bond motifs is 1. The normalized spacial score (nSPS) is 11.7. The summed E-state index contributed by atoms with van der Waals surface area (Å²) in [7, 11) is 0. The number of allylic oxidation sites excluding steroid dienone is 1. The van der Waals surface area contributed by atoms with Gasteiger partial charge in [-0.05, 0) is 43.3 Å². The van der Waals surface area contributed by atoms with Crippen molar-refractivity contribution >= 4 is 66.3 Å². The van der Waals surface area contributed by atoms with E-state index in [4.69, 9.17) is 0 Å². The molecule has 0 fully saturated rings. The lowest BCUT2D eigenvalue weighted by molar-refractivity contribution is 0.102. The number of anilines is 1. The number of aromatic nitrogens is 1. The maximum Gasteiger partial charge on any atom is 0.173 e. The second kappa shape index (κ2) is 10.1. The molecule has 0 spiro atoms. The molecular formula is C25H18BrN3OS2. The third-order valence-electron chi connectivity index (χ3n) is 4.67. The van der Waals surface area contributed by atoms with E-state index in [1.165, 1.54) is 23.1 Å². The Morgan fingerprint density at radius 2 is 1.81 bits per heavy atom. The first-order valence-electron chi connectivity index (χ1n) is 9.79. The SMILES string of the molecule is Cc1ccc(NC(SCC(=O)c2ccc(Br)cc2)=C(C#N)c2nc3ccccc3s2)cc1. The van der Waals surface area contributed by atoms with E-state index in [1.54, 1.807) is 12.1 Å². The van der Waals surface area contributed by atoms with Gasteiger partial charge in [0.05, 0.1) is 21.0 Å². The first-order chi connectivity index (χ1) is 15.5. The second-order valence-corrected chi connectivity index (χ2v) is 9.94. The van der Waals surface area contributed by atoms with Crippen LogP contribution < -0.4 is 5.32 Å². The average molecular weight is 520 g/mol. The summed E-state index contributed by atoms with van der Waals surface area (Å²) in [5.74, 6) is 0.193. The number of nitriles is 1. The average Bonchev–Trinajstić information content (AvgIpc) is 3.23. The van der Waals surface area contributed by atoms with Crippen molar-refractivity contribution in [2.24, 2.45) is 0 Å². The minimum absolute atomic E-state index is 0.00713. The highest BCUT2D eigenvalue weighted by Gasteiger charge is 2.17. The Labute approximate surface area is 203 Å². The maximum atomic E-state index is 12.8. The molecule has 4 rings (SSSR count). The van der Waals surface area contributed by atoms with Gasteiger partial charge in [0.1, 0.15) is 16.6 Å². The van der Waals surface area contributed by atoms with E-state index in [-0.39, 0.29) is 11.5 Å². The van der Waals surface area contributed by atoms with Crippen molar-refractivity contribution in [1.82, 2.24) is 4.98 Å². The first kappa shape index (κ1) is 22.3. The number of aryl methyl sites for hydroxylation is 1. The number of halogens is 1. The van der Waals surface area contributed by atoms with E-state index in [2.05, 4.69) is 32.3 Å². The molecule has 4 aromatic rings. The quantitative estimate of drug-likeness (QED) is 0.205. The number of para-hydroxylation sites is 1. The van der Waals surface area contributed by atoms with Crippen LogP contribution in [0.5, 0.6) is 0 Å². The fourth-order valence-corrected chi connectivity index (χ4v) is 5.19.